The molecule has 6 nitrogen and oxygen atoms in total. The summed E-state index contributed by atoms with van der Waals surface area (Å²) in [6, 6.07) is 3.90. The quantitative estimate of drug-likeness (QED) is 0.916. The van der Waals surface area contributed by atoms with Crippen LogP contribution in [0.25, 0.3) is 0 Å². The minimum absolute atomic E-state index is 0.00770. The van der Waals surface area contributed by atoms with Crippen LogP contribution >= 0.6 is 11.8 Å². The van der Waals surface area contributed by atoms with Crippen LogP contribution in [0.5, 0.6) is 0 Å². The molecule has 1 N–H and O–H groups in total. The van der Waals surface area contributed by atoms with Crippen molar-refractivity contribution in [1.29, 1.82) is 0 Å². The molecule has 2 aliphatic heterocycles. The summed E-state index contributed by atoms with van der Waals surface area (Å²) in [7, 11) is 1.88. The summed E-state index contributed by atoms with van der Waals surface area (Å²) >= 11 is 1.90. The molecule has 3 amide bonds. The Morgan fingerprint density at radius 1 is 1.35 bits per heavy atom. The summed E-state index contributed by atoms with van der Waals surface area (Å²) in [5.41, 5.74) is 0. The fourth-order valence-corrected chi connectivity index (χ4v) is 4.32. The summed E-state index contributed by atoms with van der Waals surface area (Å²) in [6.45, 7) is 1.29. The van der Waals surface area contributed by atoms with Crippen molar-refractivity contribution < 1.29 is 14.0 Å². The van der Waals surface area contributed by atoms with Gasteiger partial charge in [0.1, 0.15) is 0 Å². The predicted molar refractivity (Wildman–Crippen MR) is 89.7 cm³/mol. The molecule has 3 rings (SSSR count). The smallest absolute Gasteiger partial charge is 0.317 e. The molecule has 126 valence electrons. The van der Waals surface area contributed by atoms with Crippen molar-refractivity contribution in [1.82, 2.24) is 15.1 Å². The van der Waals surface area contributed by atoms with Crippen molar-refractivity contribution in [2.24, 2.45) is 0 Å². The first-order valence-electron chi connectivity index (χ1n) is 8.09. The Morgan fingerprint density at radius 2 is 2.13 bits per heavy atom. The highest BCUT2D eigenvalue weighted by Crippen LogP contribution is 2.21. The highest BCUT2D eigenvalue weighted by atomic mass is 32.2. The highest BCUT2D eigenvalue weighted by Gasteiger charge is 2.28. The standard InChI is InChI=1S/C16H23N3O3S/c1-18(13-6-10-23-11-13)16(21)17-12-4-7-19(8-5-12)15(20)14-3-2-9-22-14/h2-3,9,12-13H,4-8,10-11H2,1H3,(H,17,21)/t13-/m1/s1. The first-order valence-corrected chi connectivity index (χ1v) is 9.24. The third kappa shape index (κ3) is 3.83. The van der Waals surface area contributed by atoms with Crippen molar-refractivity contribution in [2.75, 3.05) is 31.6 Å². The number of piperidine rings is 1. The topological polar surface area (TPSA) is 65.8 Å². The van der Waals surface area contributed by atoms with E-state index in [0.717, 1.165) is 30.8 Å². The monoisotopic (exact) mass is 337 g/mol. The first-order chi connectivity index (χ1) is 11.1. The molecule has 23 heavy (non-hydrogen) atoms. The van der Waals surface area contributed by atoms with Crippen molar-refractivity contribution in [3.63, 3.8) is 0 Å². The van der Waals surface area contributed by atoms with Crippen LogP contribution in [-0.2, 0) is 0 Å². The lowest BCUT2D eigenvalue weighted by atomic mass is 10.0. The zero-order valence-electron chi connectivity index (χ0n) is 13.4. The molecule has 2 saturated heterocycles. The molecular weight excluding hydrogens is 314 g/mol. The zero-order valence-corrected chi connectivity index (χ0v) is 14.2. The number of carbonyl (C=O) groups is 2. The summed E-state index contributed by atoms with van der Waals surface area (Å²) in [5, 5.41) is 3.11. The van der Waals surface area contributed by atoms with Crippen molar-refractivity contribution in [3.05, 3.63) is 24.2 Å². The summed E-state index contributed by atoms with van der Waals surface area (Å²) < 4.78 is 5.16. The predicted octanol–water partition coefficient (Wildman–Crippen LogP) is 2.03. The molecule has 0 aromatic carbocycles. The average Bonchev–Trinajstić information content (AvgIpc) is 3.27. The number of carbonyl (C=O) groups excluding carboxylic acids is 2. The van der Waals surface area contributed by atoms with Gasteiger partial charge in [0.05, 0.1) is 6.26 Å². The van der Waals surface area contributed by atoms with Crippen LogP contribution < -0.4 is 5.32 Å². The number of amides is 3. The molecule has 7 heteroatoms. The average molecular weight is 337 g/mol. The minimum Gasteiger partial charge on any atom is -0.459 e. The molecule has 0 spiro atoms. The molecule has 0 unspecified atom stereocenters. The number of rotatable bonds is 3. The third-order valence-electron chi connectivity index (χ3n) is 4.62. The lowest BCUT2D eigenvalue weighted by Gasteiger charge is -2.33. The summed E-state index contributed by atoms with van der Waals surface area (Å²) in [4.78, 5) is 28.1. The lowest BCUT2D eigenvalue weighted by molar-refractivity contribution is 0.0674. The minimum atomic E-state index is -0.0696. The number of nitrogens with one attached hydrogen (secondary N) is 1. The number of hydrogen-bond acceptors (Lipinski definition) is 4. The van der Waals surface area contributed by atoms with E-state index in [0.29, 0.717) is 24.9 Å². The van der Waals surface area contributed by atoms with E-state index in [9.17, 15) is 9.59 Å². The van der Waals surface area contributed by atoms with E-state index >= 15 is 0 Å². The van der Waals surface area contributed by atoms with Gasteiger partial charge >= 0.3 is 6.03 Å². The van der Waals surface area contributed by atoms with Gasteiger partial charge in [-0.3, -0.25) is 4.79 Å². The van der Waals surface area contributed by atoms with Gasteiger partial charge in [0.15, 0.2) is 5.76 Å². The van der Waals surface area contributed by atoms with Gasteiger partial charge in [0, 0.05) is 38.0 Å². The Kier molecular flexibility index (Phi) is 5.15. The van der Waals surface area contributed by atoms with E-state index in [1.165, 1.54) is 6.26 Å². The maximum absolute atomic E-state index is 12.3. The first kappa shape index (κ1) is 16.2. The molecule has 1 aromatic rings. The molecule has 2 fully saturated rings. The fraction of sp³-hybridized carbons (Fsp3) is 0.625. The number of nitrogens with zero attached hydrogens (tertiary/aromatic N) is 2. The van der Waals surface area contributed by atoms with Crippen molar-refractivity contribution >= 4 is 23.7 Å². The van der Waals surface area contributed by atoms with Crippen LogP contribution in [-0.4, -0.2) is 65.5 Å². The Bertz CT molecular complexity index is 535. The van der Waals surface area contributed by atoms with Gasteiger partial charge in [-0.25, -0.2) is 4.79 Å². The van der Waals surface area contributed by atoms with Gasteiger partial charge in [0.2, 0.25) is 0 Å². The van der Waals surface area contributed by atoms with E-state index in [1.54, 1.807) is 17.0 Å². The molecule has 0 bridgehead atoms. The molecule has 2 aliphatic rings. The Morgan fingerprint density at radius 3 is 2.74 bits per heavy atom. The maximum atomic E-state index is 12.3. The molecule has 0 saturated carbocycles. The SMILES string of the molecule is CN(C(=O)NC1CCN(C(=O)c2ccco2)CC1)[C@@H]1CCSC1. The highest BCUT2D eigenvalue weighted by molar-refractivity contribution is 7.99. The Hall–Kier alpha value is -1.63. The van der Waals surface area contributed by atoms with Crippen LogP contribution in [0.2, 0.25) is 0 Å². The lowest BCUT2D eigenvalue weighted by Crippen LogP contribution is -2.51. The van der Waals surface area contributed by atoms with Crippen LogP contribution in [0.4, 0.5) is 4.79 Å². The van der Waals surface area contributed by atoms with Crippen LogP contribution in [0.15, 0.2) is 22.8 Å². The van der Waals surface area contributed by atoms with Crippen molar-refractivity contribution in [3.8, 4) is 0 Å². The van der Waals surface area contributed by atoms with Gasteiger partial charge in [-0.05, 0) is 37.1 Å². The number of hydrogen-bond donors (Lipinski definition) is 1. The van der Waals surface area contributed by atoms with Gasteiger partial charge in [-0.2, -0.15) is 11.8 Å². The summed E-state index contributed by atoms with van der Waals surface area (Å²) in [6.07, 6.45) is 4.15. The van der Waals surface area contributed by atoms with Gasteiger partial charge in [-0.1, -0.05) is 0 Å². The second-order valence-corrected chi connectivity index (χ2v) is 7.27. The number of urea groups is 1. The van der Waals surface area contributed by atoms with Crippen LogP contribution in [0.3, 0.4) is 0 Å². The number of furan rings is 1. The second-order valence-electron chi connectivity index (χ2n) is 6.12. The molecule has 0 radical (unpaired) electrons. The molecule has 1 atom stereocenters. The van der Waals surface area contributed by atoms with E-state index in [4.69, 9.17) is 4.42 Å². The molecule has 1 aromatic heterocycles. The normalized spacial score (nSPS) is 22.1. The number of likely N-dealkylation sites (tertiary alicyclic amines) is 1. The zero-order chi connectivity index (χ0) is 16.2. The number of thioether (sulfide) groups is 1. The third-order valence-corrected chi connectivity index (χ3v) is 5.76. The van der Waals surface area contributed by atoms with Gasteiger partial charge in [-0.15, -0.1) is 0 Å². The van der Waals surface area contributed by atoms with E-state index < -0.39 is 0 Å². The maximum Gasteiger partial charge on any atom is 0.317 e. The Labute approximate surface area is 140 Å². The molecular formula is C16H23N3O3S. The second kappa shape index (κ2) is 7.29. The van der Waals surface area contributed by atoms with Gasteiger partial charge < -0.3 is 19.5 Å². The molecule has 0 aliphatic carbocycles. The van der Waals surface area contributed by atoms with E-state index in [1.807, 2.05) is 23.7 Å². The van der Waals surface area contributed by atoms with Gasteiger partial charge in [0.25, 0.3) is 5.91 Å². The van der Waals surface area contributed by atoms with E-state index in [2.05, 4.69) is 5.32 Å². The van der Waals surface area contributed by atoms with Crippen LogP contribution in [0, 0.1) is 0 Å². The largest absolute Gasteiger partial charge is 0.459 e. The van der Waals surface area contributed by atoms with Crippen LogP contribution in [0.1, 0.15) is 29.8 Å². The van der Waals surface area contributed by atoms with Crippen molar-refractivity contribution in [2.45, 2.75) is 31.3 Å². The van der Waals surface area contributed by atoms with E-state index in [-0.39, 0.29) is 18.0 Å². The Balaban J connectivity index is 1.45. The molecule has 3 heterocycles. The fourth-order valence-electron chi connectivity index (χ4n) is 3.05. The summed E-state index contributed by atoms with van der Waals surface area (Å²) in [5.74, 6) is 2.47.